The van der Waals surface area contributed by atoms with Crippen molar-refractivity contribution in [1.29, 1.82) is 0 Å². The summed E-state index contributed by atoms with van der Waals surface area (Å²) >= 11 is 0. The zero-order valence-corrected chi connectivity index (χ0v) is 17.8. The Kier molecular flexibility index (Phi) is 6.38. The molecule has 31 heavy (non-hydrogen) atoms. The van der Waals surface area contributed by atoms with Crippen LogP contribution in [0.3, 0.4) is 0 Å². The Hall–Kier alpha value is -3.29. The molecule has 0 saturated carbocycles. The molecular formula is C23H25F3N4O. The average molecular weight is 430 g/mol. The minimum Gasteiger partial charge on any atom is -0.488 e. The van der Waals surface area contributed by atoms with Crippen LogP contribution >= 0.6 is 0 Å². The Morgan fingerprint density at radius 3 is 2.26 bits per heavy atom. The molecule has 0 saturated heterocycles. The van der Waals surface area contributed by atoms with Gasteiger partial charge < -0.3 is 15.4 Å². The lowest BCUT2D eigenvalue weighted by Gasteiger charge is -2.21. The molecule has 2 N–H and O–H groups in total. The molecule has 1 heterocycles. The second-order valence-corrected chi connectivity index (χ2v) is 8.00. The second-order valence-electron chi connectivity index (χ2n) is 8.00. The topological polar surface area (TPSA) is 59.1 Å². The van der Waals surface area contributed by atoms with Crippen molar-refractivity contribution in [2.75, 3.05) is 10.6 Å². The summed E-state index contributed by atoms with van der Waals surface area (Å²) in [5.74, 6) is 0.419. The molecule has 5 nitrogen and oxygen atoms in total. The summed E-state index contributed by atoms with van der Waals surface area (Å²) in [7, 11) is 0. The number of hydrogen-bond donors (Lipinski definition) is 2. The van der Waals surface area contributed by atoms with E-state index in [4.69, 9.17) is 4.74 Å². The van der Waals surface area contributed by atoms with Gasteiger partial charge in [-0.3, -0.25) is 0 Å². The number of alkyl halides is 3. The SMILES string of the molecule is CCc1cccc(Nc2nc(Nc3ccc(OC(C)(C)C)cc3)ncc2C(F)(F)F)c1. The number of nitrogens with one attached hydrogen (secondary N) is 2. The summed E-state index contributed by atoms with van der Waals surface area (Å²) in [6.45, 7) is 7.81. The van der Waals surface area contributed by atoms with Crippen LogP contribution in [-0.2, 0) is 12.6 Å². The summed E-state index contributed by atoms with van der Waals surface area (Å²) in [4.78, 5) is 7.93. The molecule has 1 aromatic heterocycles. The van der Waals surface area contributed by atoms with Gasteiger partial charge in [0.15, 0.2) is 0 Å². The van der Waals surface area contributed by atoms with E-state index >= 15 is 0 Å². The molecule has 0 radical (unpaired) electrons. The molecule has 0 unspecified atom stereocenters. The quantitative estimate of drug-likeness (QED) is 0.454. The van der Waals surface area contributed by atoms with Crippen LogP contribution in [0.15, 0.2) is 54.7 Å². The molecule has 0 aliphatic rings. The first-order chi connectivity index (χ1) is 14.5. The van der Waals surface area contributed by atoms with Gasteiger partial charge in [-0.1, -0.05) is 19.1 Å². The van der Waals surface area contributed by atoms with Gasteiger partial charge in [-0.25, -0.2) is 4.98 Å². The monoisotopic (exact) mass is 430 g/mol. The molecule has 164 valence electrons. The van der Waals surface area contributed by atoms with Gasteiger partial charge in [-0.2, -0.15) is 18.2 Å². The Bertz CT molecular complexity index is 1030. The molecule has 0 amide bonds. The fourth-order valence-electron chi connectivity index (χ4n) is 2.84. The summed E-state index contributed by atoms with van der Waals surface area (Å²) < 4.78 is 46.2. The number of anilines is 4. The van der Waals surface area contributed by atoms with Crippen molar-refractivity contribution < 1.29 is 17.9 Å². The summed E-state index contributed by atoms with van der Waals surface area (Å²) in [5, 5.41) is 5.72. The predicted molar refractivity (Wildman–Crippen MR) is 116 cm³/mol. The van der Waals surface area contributed by atoms with Crippen molar-refractivity contribution in [3.05, 3.63) is 65.9 Å². The highest BCUT2D eigenvalue weighted by Gasteiger charge is 2.35. The molecule has 0 bridgehead atoms. The minimum absolute atomic E-state index is 0.0478. The van der Waals surface area contributed by atoms with Crippen molar-refractivity contribution >= 4 is 23.1 Å². The Morgan fingerprint density at radius 1 is 0.935 bits per heavy atom. The molecule has 0 atom stereocenters. The molecule has 0 aliphatic heterocycles. The molecule has 0 spiro atoms. The maximum Gasteiger partial charge on any atom is 0.421 e. The third kappa shape index (κ3) is 6.34. The molecule has 3 aromatic rings. The van der Waals surface area contributed by atoms with Crippen LogP contribution in [0.4, 0.5) is 36.3 Å². The van der Waals surface area contributed by atoms with E-state index in [0.29, 0.717) is 17.1 Å². The van der Waals surface area contributed by atoms with Gasteiger partial charge in [0.05, 0.1) is 0 Å². The van der Waals surface area contributed by atoms with Crippen LogP contribution < -0.4 is 15.4 Å². The summed E-state index contributed by atoms with van der Waals surface area (Å²) in [6, 6.07) is 14.2. The standard InChI is InChI=1S/C23H25F3N4O/c1-5-15-7-6-8-17(13-15)28-20-19(23(24,25)26)14-27-21(30-20)29-16-9-11-18(12-10-16)31-22(2,3)4/h6-14H,5H2,1-4H3,(H2,27,28,29,30). The third-order valence-corrected chi connectivity index (χ3v) is 4.23. The number of halogens is 3. The summed E-state index contributed by atoms with van der Waals surface area (Å²) in [5.41, 5.74) is 0.886. The van der Waals surface area contributed by atoms with E-state index in [-0.39, 0.29) is 17.4 Å². The number of benzene rings is 2. The minimum atomic E-state index is -4.59. The van der Waals surface area contributed by atoms with E-state index in [9.17, 15) is 13.2 Å². The number of aromatic nitrogens is 2. The van der Waals surface area contributed by atoms with Gasteiger partial charge in [-0.05, 0) is 69.2 Å². The van der Waals surface area contributed by atoms with Crippen molar-refractivity contribution in [2.24, 2.45) is 0 Å². The highest BCUT2D eigenvalue weighted by molar-refractivity contribution is 5.63. The van der Waals surface area contributed by atoms with Crippen molar-refractivity contribution in [3.8, 4) is 5.75 Å². The maximum absolute atomic E-state index is 13.5. The first-order valence-corrected chi connectivity index (χ1v) is 9.90. The number of rotatable bonds is 6. The van der Waals surface area contributed by atoms with Crippen molar-refractivity contribution in [2.45, 2.75) is 45.9 Å². The van der Waals surface area contributed by atoms with Crippen LogP contribution in [0.1, 0.15) is 38.8 Å². The number of aryl methyl sites for hydroxylation is 1. The lowest BCUT2D eigenvalue weighted by Crippen LogP contribution is -2.22. The lowest BCUT2D eigenvalue weighted by atomic mass is 10.1. The van der Waals surface area contributed by atoms with Gasteiger partial charge in [0.25, 0.3) is 0 Å². The summed E-state index contributed by atoms with van der Waals surface area (Å²) in [6.07, 6.45) is -3.04. The highest BCUT2D eigenvalue weighted by atomic mass is 19.4. The Labute approximate surface area is 179 Å². The van der Waals surface area contributed by atoms with Crippen LogP contribution in [-0.4, -0.2) is 15.6 Å². The lowest BCUT2D eigenvalue weighted by molar-refractivity contribution is -0.137. The molecule has 2 aromatic carbocycles. The van der Waals surface area contributed by atoms with E-state index in [1.54, 1.807) is 42.5 Å². The second kappa shape index (κ2) is 8.83. The van der Waals surface area contributed by atoms with Gasteiger partial charge in [-0.15, -0.1) is 0 Å². The third-order valence-electron chi connectivity index (χ3n) is 4.23. The van der Waals surface area contributed by atoms with E-state index in [1.807, 2.05) is 33.8 Å². The molecule has 0 fully saturated rings. The molecular weight excluding hydrogens is 405 g/mol. The van der Waals surface area contributed by atoms with Crippen LogP contribution in [0.2, 0.25) is 0 Å². The molecule has 3 rings (SSSR count). The number of ether oxygens (including phenoxy) is 1. The normalized spacial score (nSPS) is 11.8. The fraction of sp³-hybridized carbons (Fsp3) is 0.304. The highest BCUT2D eigenvalue weighted by Crippen LogP contribution is 2.35. The van der Waals surface area contributed by atoms with E-state index in [2.05, 4.69) is 20.6 Å². The predicted octanol–water partition coefficient (Wildman–Crippen LogP) is 6.72. The molecule has 0 aliphatic carbocycles. The largest absolute Gasteiger partial charge is 0.488 e. The molecule has 8 heteroatoms. The zero-order valence-electron chi connectivity index (χ0n) is 17.8. The zero-order chi connectivity index (χ0) is 22.6. The van der Waals surface area contributed by atoms with Gasteiger partial charge >= 0.3 is 6.18 Å². The fourth-order valence-corrected chi connectivity index (χ4v) is 2.84. The van der Waals surface area contributed by atoms with Crippen LogP contribution in [0, 0.1) is 0 Å². The van der Waals surface area contributed by atoms with Gasteiger partial charge in [0.1, 0.15) is 22.7 Å². The van der Waals surface area contributed by atoms with Crippen molar-refractivity contribution in [1.82, 2.24) is 9.97 Å². The van der Waals surface area contributed by atoms with Gasteiger partial charge in [0.2, 0.25) is 5.95 Å². The first-order valence-electron chi connectivity index (χ1n) is 9.90. The van der Waals surface area contributed by atoms with Gasteiger partial charge in [0, 0.05) is 17.6 Å². The van der Waals surface area contributed by atoms with E-state index in [1.165, 1.54) is 0 Å². The van der Waals surface area contributed by atoms with Crippen LogP contribution in [0.25, 0.3) is 0 Å². The van der Waals surface area contributed by atoms with E-state index < -0.39 is 11.7 Å². The maximum atomic E-state index is 13.5. The van der Waals surface area contributed by atoms with Crippen molar-refractivity contribution in [3.63, 3.8) is 0 Å². The Morgan fingerprint density at radius 2 is 1.65 bits per heavy atom. The number of hydrogen-bond acceptors (Lipinski definition) is 5. The first kappa shape index (κ1) is 22.4. The average Bonchev–Trinajstić information content (AvgIpc) is 2.68. The Balaban J connectivity index is 1.85. The smallest absolute Gasteiger partial charge is 0.421 e. The van der Waals surface area contributed by atoms with E-state index in [0.717, 1.165) is 18.2 Å². The number of nitrogens with zero attached hydrogens (tertiary/aromatic N) is 2. The van der Waals surface area contributed by atoms with Crippen LogP contribution in [0.5, 0.6) is 5.75 Å².